The van der Waals surface area contributed by atoms with E-state index in [1.165, 1.54) is 18.3 Å². The summed E-state index contributed by atoms with van der Waals surface area (Å²) in [6, 6.07) is 15.0. The van der Waals surface area contributed by atoms with E-state index in [9.17, 15) is 9.18 Å². The Hall–Kier alpha value is -2.80. The van der Waals surface area contributed by atoms with Crippen LogP contribution in [0.15, 0.2) is 64.2 Å². The SMILES string of the molecule is O=C(N/N=C\c1ccc(F)cc1)c1cc(-c2ccc(Br)cc2)n[nH]1. The van der Waals surface area contributed by atoms with Gasteiger partial charge in [0.15, 0.2) is 0 Å². The Bertz CT molecular complexity index is 872. The number of benzene rings is 2. The Labute approximate surface area is 145 Å². The summed E-state index contributed by atoms with van der Waals surface area (Å²) in [7, 11) is 0. The van der Waals surface area contributed by atoms with E-state index < -0.39 is 5.91 Å². The molecule has 0 aliphatic heterocycles. The van der Waals surface area contributed by atoms with E-state index in [0.29, 0.717) is 17.0 Å². The van der Waals surface area contributed by atoms with Crippen molar-refractivity contribution >= 4 is 28.1 Å². The second-order valence-corrected chi connectivity index (χ2v) is 5.84. The van der Waals surface area contributed by atoms with Gasteiger partial charge in [0.05, 0.1) is 11.9 Å². The largest absolute Gasteiger partial charge is 0.289 e. The van der Waals surface area contributed by atoms with Crippen molar-refractivity contribution in [3.63, 3.8) is 0 Å². The van der Waals surface area contributed by atoms with Gasteiger partial charge in [0.2, 0.25) is 0 Å². The van der Waals surface area contributed by atoms with E-state index in [4.69, 9.17) is 0 Å². The summed E-state index contributed by atoms with van der Waals surface area (Å²) >= 11 is 3.37. The Balaban J connectivity index is 1.65. The third-order valence-electron chi connectivity index (χ3n) is 3.21. The first-order chi connectivity index (χ1) is 11.6. The highest BCUT2D eigenvalue weighted by molar-refractivity contribution is 9.10. The van der Waals surface area contributed by atoms with Crippen molar-refractivity contribution in [2.24, 2.45) is 5.10 Å². The van der Waals surface area contributed by atoms with Gasteiger partial charge < -0.3 is 0 Å². The quantitative estimate of drug-likeness (QED) is 0.529. The van der Waals surface area contributed by atoms with Crippen molar-refractivity contribution in [2.75, 3.05) is 0 Å². The van der Waals surface area contributed by atoms with E-state index in [1.54, 1.807) is 18.2 Å². The molecule has 0 radical (unpaired) electrons. The maximum absolute atomic E-state index is 12.8. The Morgan fingerprint density at radius 1 is 1.17 bits per heavy atom. The summed E-state index contributed by atoms with van der Waals surface area (Å²) in [6.45, 7) is 0. The summed E-state index contributed by atoms with van der Waals surface area (Å²) in [6.07, 6.45) is 1.43. The van der Waals surface area contributed by atoms with Crippen LogP contribution in [0.3, 0.4) is 0 Å². The number of amides is 1. The molecule has 0 atom stereocenters. The number of aromatic nitrogens is 2. The number of nitrogens with one attached hydrogen (secondary N) is 2. The predicted octanol–water partition coefficient (Wildman–Crippen LogP) is 3.74. The summed E-state index contributed by atoms with van der Waals surface area (Å²) in [5.41, 5.74) is 4.92. The lowest BCUT2D eigenvalue weighted by atomic mass is 10.1. The van der Waals surface area contributed by atoms with E-state index >= 15 is 0 Å². The van der Waals surface area contributed by atoms with Gasteiger partial charge >= 0.3 is 0 Å². The first-order valence-corrected chi connectivity index (χ1v) is 7.81. The molecule has 0 unspecified atom stereocenters. The molecular weight excluding hydrogens is 375 g/mol. The maximum Gasteiger partial charge on any atom is 0.289 e. The number of hydrogen-bond acceptors (Lipinski definition) is 3. The molecule has 1 amide bonds. The molecule has 0 saturated carbocycles. The van der Waals surface area contributed by atoms with Crippen LogP contribution in [0.5, 0.6) is 0 Å². The zero-order valence-electron chi connectivity index (χ0n) is 12.3. The molecule has 5 nitrogen and oxygen atoms in total. The van der Waals surface area contributed by atoms with Crippen molar-refractivity contribution in [3.05, 3.63) is 76.1 Å². The van der Waals surface area contributed by atoms with Crippen LogP contribution < -0.4 is 5.43 Å². The van der Waals surface area contributed by atoms with Gasteiger partial charge in [-0.1, -0.05) is 40.2 Å². The zero-order valence-corrected chi connectivity index (χ0v) is 13.9. The van der Waals surface area contributed by atoms with Crippen molar-refractivity contribution < 1.29 is 9.18 Å². The number of hydrogen-bond donors (Lipinski definition) is 2. The highest BCUT2D eigenvalue weighted by Gasteiger charge is 2.10. The number of aromatic amines is 1. The fourth-order valence-corrected chi connectivity index (χ4v) is 2.25. The third kappa shape index (κ3) is 3.94. The van der Waals surface area contributed by atoms with Crippen molar-refractivity contribution in [1.29, 1.82) is 0 Å². The second-order valence-electron chi connectivity index (χ2n) is 4.92. The minimum absolute atomic E-state index is 0.296. The average Bonchev–Trinajstić information content (AvgIpc) is 3.07. The van der Waals surface area contributed by atoms with Gasteiger partial charge in [0.1, 0.15) is 11.5 Å². The van der Waals surface area contributed by atoms with Crippen LogP contribution in [0, 0.1) is 5.82 Å². The minimum atomic E-state index is -0.413. The lowest BCUT2D eigenvalue weighted by molar-refractivity contribution is 0.0950. The third-order valence-corrected chi connectivity index (χ3v) is 3.74. The number of rotatable bonds is 4. The molecule has 2 aromatic carbocycles. The molecule has 24 heavy (non-hydrogen) atoms. The van der Waals surface area contributed by atoms with Crippen LogP contribution >= 0.6 is 15.9 Å². The molecule has 7 heteroatoms. The Morgan fingerprint density at radius 3 is 2.58 bits per heavy atom. The Kier molecular flexibility index (Phi) is 4.81. The van der Waals surface area contributed by atoms with E-state index in [2.05, 4.69) is 36.7 Å². The van der Waals surface area contributed by atoms with Crippen molar-refractivity contribution in [2.45, 2.75) is 0 Å². The molecule has 0 aliphatic rings. The smallest absolute Gasteiger partial charge is 0.272 e. The van der Waals surface area contributed by atoms with E-state index in [1.807, 2.05) is 24.3 Å². The molecule has 3 rings (SSSR count). The number of nitrogens with zero attached hydrogens (tertiary/aromatic N) is 2. The van der Waals surface area contributed by atoms with Crippen molar-refractivity contribution in [1.82, 2.24) is 15.6 Å². The molecule has 0 bridgehead atoms. The summed E-state index contributed by atoms with van der Waals surface area (Å²) in [5.74, 6) is -0.738. The highest BCUT2D eigenvalue weighted by atomic mass is 79.9. The van der Waals surface area contributed by atoms with Crippen LogP contribution in [0.2, 0.25) is 0 Å². The summed E-state index contributed by atoms with van der Waals surface area (Å²) in [5, 5.41) is 10.6. The van der Waals surface area contributed by atoms with Gasteiger partial charge in [0, 0.05) is 10.0 Å². The topological polar surface area (TPSA) is 70.1 Å². The fraction of sp³-hybridized carbons (Fsp3) is 0. The number of carbonyl (C=O) groups is 1. The van der Waals surface area contributed by atoms with Crippen LogP contribution in [0.1, 0.15) is 16.1 Å². The second kappa shape index (κ2) is 7.18. The van der Waals surface area contributed by atoms with Crippen LogP contribution in [0.4, 0.5) is 4.39 Å². The van der Waals surface area contributed by atoms with E-state index in [0.717, 1.165) is 10.0 Å². The molecule has 0 spiro atoms. The molecule has 0 fully saturated rings. The fourth-order valence-electron chi connectivity index (χ4n) is 1.98. The number of halogens is 2. The van der Waals surface area contributed by atoms with Gasteiger partial charge in [-0.05, 0) is 35.9 Å². The van der Waals surface area contributed by atoms with E-state index in [-0.39, 0.29) is 5.82 Å². The van der Waals surface area contributed by atoms with Gasteiger partial charge in [-0.25, -0.2) is 9.82 Å². The average molecular weight is 387 g/mol. The maximum atomic E-state index is 12.8. The standard InChI is InChI=1S/C17H12BrFN4O/c18-13-5-3-12(4-6-13)15-9-16(22-21-15)17(24)23-20-10-11-1-7-14(19)8-2-11/h1-10H,(H,21,22)(H,23,24)/b20-10-. The number of H-pyrrole nitrogens is 1. The molecule has 120 valence electrons. The highest BCUT2D eigenvalue weighted by Crippen LogP contribution is 2.20. The monoisotopic (exact) mass is 386 g/mol. The van der Waals surface area contributed by atoms with Crippen molar-refractivity contribution in [3.8, 4) is 11.3 Å². The molecule has 1 aromatic heterocycles. The number of hydrazone groups is 1. The Morgan fingerprint density at radius 2 is 1.88 bits per heavy atom. The van der Waals surface area contributed by atoms with Gasteiger partial charge in [0.25, 0.3) is 5.91 Å². The predicted molar refractivity (Wildman–Crippen MR) is 93.2 cm³/mol. The lowest BCUT2D eigenvalue weighted by Gasteiger charge is -1.96. The summed E-state index contributed by atoms with van der Waals surface area (Å²) in [4.78, 5) is 12.0. The zero-order chi connectivity index (χ0) is 16.9. The molecule has 1 heterocycles. The molecule has 3 aromatic rings. The van der Waals surface area contributed by atoms with Crippen LogP contribution in [0.25, 0.3) is 11.3 Å². The molecular formula is C17H12BrFN4O. The molecule has 2 N–H and O–H groups in total. The van der Waals surface area contributed by atoms with Crippen LogP contribution in [-0.4, -0.2) is 22.3 Å². The minimum Gasteiger partial charge on any atom is -0.272 e. The van der Waals surface area contributed by atoms with Gasteiger partial charge in [-0.3, -0.25) is 9.89 Å². The molecule has 0 aliphatic carbocycles. The lowest BCUT2D eigenvalue weighted by Crippen LogP contribution is -2.17. The van der Waals surface area contributed by atoms with Gasteiger partial charge in [-0.15, -0.1) is 0 Å². The molecule has 0 saturated heterocycles. The first kappa shape index (κ1) is 16.1. The first-order valence-electron chi connectivity index (χ1n) is 7.02. The number of carbonyl (C=O) groups excluding carboxylic acids is 1. The summed E-state index contributed by atoms with van der Waals surface area (Å²) < 4.78 is 13.8. The van der Waals surface area contributed by atoms with Gasteiger partial charge in [-0.2, -0.15) is 10.2 Å². The van der Waals surface area contributed by atoms with Crippen LogP contribution in [-0.2, 0) is 0 Å². The normalized spacial score (nSPS) is 10.9.